The van der Waals surface area contributed by atoms with Crippen molar-refractivity contribution in [2.75, 3.05) is 0 Å². The fourth-order valence-electron chi connectivity index (χ4n) is 2.87. The van der Waals surface area contributed by atoms with Crippen molar-refractivity contribution in [1.82, 2.24) is 29.8 Å². The molecule has 3 aromatic heterocycles. The fourth-order valence-corrected chi connectivity index (χ4v) is 3.70. The van der Waals surface area contributed by atoms with Gasteiger partial charge in [0.2, 0.25) is 5.89 Å². The van der Waals surface area contributed by atoms with Gasteiger partial charge >= 0.3 is 6.18 Å². The van der Waals surface area contributed by atoms with Gasteiger partial charge in [0, 0.05) is 19.2 Å². The SMILES string of the molecule is Cc1nn(C)cc1-c1nnc(Cn2nc(C(F)(F)F)c(Br)c2C2CC2)o1. The summed E-state index contributed by atoms with van der Waals surface area (Å²) in [6, 6.07) is 0. The van der Waals surface area contributed by atoms with Gasteiger partial charge in [-0.3, -0.25) is 9.36 Å². The van der Waals surface area contributed by atoms with Crippen LogP contribution in [0.5, 0.6) is 0 Å². The summed E-state index contributed by atoms with van der Waals surface area (Å²) in [6.45, 7) is 1.79. The molecule has 0 aliphatic heterocycles. The van der Waals surface area contributed by atoms with Crippen LogP contribution in [0.4, 0.5) is 13.2 Å². The van der Waals surface area contributed by atoms with E-state index in [4.69, 9.17) is 4.42 Å². The zero-order chi connectivity index (χ0) is 18.6. The molecule has 4 rings (SSSR count). The largest absolute Gasteiger partial charge is 0.436 e. The molecule has 26 heavy (non-hydrogen) atoms. The molecule has 0 amide bonds. The first-order chi connectivity index (χ1) is 12.2. The lowest BCUT2D eigenvalue weighted by Gasteiger charge is -2.03. The van der Waals surface area contributed by atoms with Crippen LogP contribution in [0, 0.1) is 6.92 Å². The van der Waals surface area contributed by atoms with Crippen LogP contribution in [0.1, 0.15) is 41.7 Å². The van der Waals surface area contributed by atoms with E-state index in [9.17, 15) is 13.2 Å². The summed E-state index contributed by atoms with van der Waals surface area (Å²) in [4.78, 5) is 0. The summed E-state index contributed by atoms with van der Waals surface area (Å²) in [5.41, 5.74) is 1.01. The third-order valence-electron chi connectivity index (χ3n) is 4.16. The monoisotopic (exact) mass is 430 g/mol. The van der Waals surface area contributed by atoms with Gasteiger partial charge in [0.15, 0.2) is 5.69 Å². The molecule has 0 spiro atoms. The fraction of sp³-hybridized carbons (Fsp3) is 0.467. The van der Waals surface area contributed by atoms with Gasteiger partial charge in [-0.2, -0.15) is 23.4 Å². The lowest BCUT2D eigenvalue weighted by molar-refractivity contribution is -0.142. The zero-order valence-corrected chi connectivity index (χ0v) is 15.5. The molecule has 3 aromatic rings. The van der Waals surface area contributed by atoms with Gasteiger partial charge in [-0.1, -0.05) is 0 Å². The zero-order valence-electron chi connectivity index (χ0n) is 13.9. The highest BCUT2D eigenvalue weighted by atomic mass is 79.9. The van der Waals surface area contributed by atoms with E-state index in [1.165, 1.54) is 4.68 Å². The molecule has 0 aromatic carbocycles. The average Bonchev–Trinajstić information content (AvgIpc) is 3.01. The van der Waals surface area contributed by atoms with Crippen LogP contribution in [0.25, 0.3) is 11.5 Å². The van der Waals surface area contributed by atoms with E-state index in [1.54, 1.807) is 17.9 Å². The van der Waals surface area contributed by atoms with E-state index >= 15 is 0 Å². The summed E-state index contributed by atoms with van der Waals surface area (Å²) in [5.74, 6) is 0.533. The van der Waals surface area contributed by atoms with E-state index in [1.807, 2.05) is 6.92 Å². The summed E-state index contributed by atoms with van der Waals surface area (Å²) in [7, 11) is 1.77. The van der Waals surface area contributed by atoms with Gasteiger partial charge < -0.3 is 4.42 Å². The van der Waals surface area contributed by atoms with E-state index in [0.29, 0.717) is 11.3 Å². The Labute approximate surface area is 154 Å². The number of aromatic nitrogens is 6. The van der Waals surface area contributed by atoms with Gasteiger partial charge in [0.05, 0.1) is 21.4 Å². The summed E-state index contributed by atoms with van der Waals surface area (Å²) in [6.07, 6.45) is -1.10. The molecule has 1 fully saturated rings. The van der Waals surface area contributed by atoms with Crippen molar-refractivity contribution < 1.29 is 17.6 Å². The minimum atomic E-state index is -4.53. The van der Waals surface area contributed by atoms with Gasteiger partial charge in [-0.15, -0.1) is 10.2 Å². The summed E-state index contributed by atoms with van der Waals surface area (Å²) < 4.78 is 48.1. The Morgan fingerprint density at radius 1 is 1.27 bits per heavy atom. The van der Waals surface area contributed by atoms with Crippen molar-refractivity contribution in [2.24, 2.45) is 7.05 Å². The highest BCUT2D eigenvalue weighted by Gasteiger charge is 2.41. The molecule has 1 aliphatic rings. The van der Waals surface area contributed by atoms with Crippen LogP contribution >= 0.6 is 15.9 Å². The highest BCUT2D eigenvalue weighted by molar-refractivity contribution is 9.10. The van der Waals surface area contributed by atoms with Crippen LogP contribution in [-0.4, -0.2) is 29.8 Å². The van der Waals surface area contributed by atoms with E-state index in [2.05, 4.69) is 36.3 Å². The number of halogens is 4. The average molecular weight is 431 g/mol. The predicted octanol–water partition coefficient (Wildman–Crippen LogP) is 3.68. The Morgan fingerprint density at radius 3 is 2.58 bits per heavy atom. The number of hydrogen-bond acceptors (Lipinski definition) is 5. The first kappa shape index (κ1) is 17.3. The van der Waals surface area contributed by atoms with E-state index in [-0.39, 0.29) is 28.7 Å². The molecule has 0 bridgehead atoms. The van der Waals surface area contributed by atoms with Crippen molar-refractivity contribution in [2.45, 2.75) is 38.4 Å². The standard InChI is InChI=1S/C15H14BrF3N6O/c1-7-9(5-24(2)22-7)14-21-20-10(26-14)6-25-12(8-3-4-8)11(16)13(23-25)15(17,18)19/h5,8H,3-4,6H2,1-2H3. The molecular weight excluding hydrogens is 417 g/mol. The Balaban J connectivity index is 1.67. The number of aryl methyl sites for hydroxylation is 2. The lowest BCUT2D eigenvalue weighted by atomic mass is 10.2. The van der Waals surface area contributed by atoms with Gasteiger partial charge in [0.25, 0.3) is 5.89 Å². The molecule has 0 radical (unpaired) electrons. The predicted molar refractivity (Wildman–Crippen MR) is 87.2 cm³/mol. The van der Waals surface area contributed by atoms with Crippen LogP contribution < -0.4 is 0 Å². The lowest BCUT2D eigenvalue weighted by Crippen LogP contribution is -2.10. The molecule has 0 saturated heterocycles. The Hall–Kier alpha value is -2.17. The van der Waals surface area contributed by atoms with Crippen molar-refractivity contribution >= 4 is 15.9 Å². The quantitative estimate of drug-likeness (QED) is 0.630. The molecule has 1 aliphatic carbocycles. The third kappa shape index (κ3) is 3.04. The maximum atomic E-state index is 13.2. The molecule has 0 N–H and O–H groups in total. The Bertz CT molecular complexity index is 969. The molecule has 0 unspecified atom stereocenters. The van der Waals surface area contributed by atoms with Crippen LogP contribution in [0.2, 0.25) is 0 Å². The normalized spacial score (nSPS) is 15.0. The number of rotatable bonds is 4. The molecule has 11 heteroatoms. The molecular formula is C15H14BrF3N6O. The van der Waals surface area contributed by atoms with Crippen LogP contribution in [0.15, 0.2) is 15.1 Å². The van der Waals surface area contributed by atoms with E-state index in [0.717, 1.165) is 18.5 Å². The molecule has 7 nitrogen and oxygen atoms in total. The molecule has 3 heterocycles. The second kappa shape index (κ2) is 5.93. The first-order valence-corrected chi connectivity index (χ1v) is 8.69. The summed E-state index contributed by atoms with van der Waals surface area (Å²) >= 11 is 3.07. The van der Waals surface area contributed by atoms with E-state index < -0.39 is 11.9 Å². The number of nitrogens with zero attached hydrogens (tertiary/aromatic N) is 6. The maximum absolute atomic E-state index is 13.2. The minimum absolute atomic E-state index is 0.00431. The first-order valence-electron chi connectivity index (χ1n) is 7.90. The topological polar surface area (TPSA) is 74.6 Å². The molecule has 1 saturated carbocycles. The highest BCUT2D eigenvalue weighted by Crippen LogP contribution is 2.47. The van der Waals surface area contributed by atoms with Crippen molar-refractivity contribution in [1.29, 1.82) is 0 Å². The van der Waals surface area contributed by atoms with Gasteiger partial charge in [0.1, 0.15) is 6.54 Å². The summed E-state index contributed by atoms with van der Waals surface area (Å²) in [5, 5.41) is 15.9. The van der Waals surface area contributed by atoms with Crippen molar-refractivity contribution in [3.05, 3.63) is 33.6 Å². The number of hydrogen-bond donors (Lipinski definition) is 0. The number of alkyl halides is 3. The Kier molecular flexibility index (Phi) is 3.94. The molecule has 138 valence electrons. The second-order valence-electron chi connectivity index (χ2n) is 6.28. The van der Waals surface area contributed by atoms with Gasteiger partial charge in [-0.05, 0) is 35.7 Å². The van der Waals surface area contributed by atoms with Crippen LogP contribution in [-0.2, 0) is 19.8 Å². The third-order valence-corrected chi connectivity index (χ3v) is 4.94. The maximum Gasteiger partial charge on any atom is 0.436 e. The van der Waals surface area contributed by atoms with Gasteiger partial charge in [-0.25, -0.2) is 0 Å². The van der Waals surface area contributed by atoms with Crippen LogP contribution in [0.3, 0.4) is 0 Å². The Morgan fingerprint density at radius 2 is 2.00 bits per heavy atom. The smallest absolute Gasteiger partial charge is 0.419 e. The molecule has 0 atom stereocenters. The minimum Gasteiger partial charge on any atom is -0.419 e. The second-order valence-corrected chi connectivity index (χ2v) is 7.07. The van der Waals surface area contributed by atoms with Crippen molar-refractivity contribution in [3.63, 3.8) is 0 Å². The van der Waals surface area contributed by atoms with Crippen molar-refractivity contribution in [3.8, 4) is 11.5 Å².